The summed E-state index contributed by atoms with van der Waals surface area (Å²) in [5.74, 6) is 6.80. The molecule has 0 bridgehead atoms. The van der Waals surface area contributed by atoms with E-state index < -0.39 is 0 Å². The van der Waals surface area contributed by atoms with Crippen LogP contribution in [0, 0.1) is 11.8 Å². The molecule has 190 valence electrons. The number of fused-ring (bicyclic) bond motifs is 1. The number of likely N-dealkylation sites (tertiary alicyclic amines) is 1. The van der Waals surface area contributed by atoms with Gasteiger partial charge in [0, 0.05) is 45.8 Å². The molecule has 0 amide bonds. The monoisotopic (exact) mass is 489 g/mol. The molecule has 36 heavy (non-hydrogen) atoms. The Morgan fingerprint density at radius 2 is 1.67 bits per heavy atom. The van der Waals surface area contributed by atoms with Crippen molar-refractivity contribution in [2.75, 3.05) is 50.7 Å². The highest BCUT2D eigenvalue weighted by Gasteiger charge is 2.25. The molecule has 2 fully saturated rings. The number of piperazine rings is 1. The van der Waals surface area contributed by atoms with Crippen LogP contribution in [-0.2, 0) is 26.1 Å². The number of nitrogens with zero attached hydrogens (tertiary/aromatic N) is 6. The normalized spacial score (nSPS) is 16.4. The number of aryl methyl sites for hydroxylation is 1. The lowest BCUT2D eigenvalue weighted by molar-refractivity contribution is 0.319. The highest BCUT2D eigenvalue weighted by Crippen LogP contribution is 2.21. The molecular weight excluding hydrogens is 454 g/mol. The van der Waals surface area contributed by atoms with Crippen molar-refractivity contribution in [2.24, 2.45) is 0 Å². The van der Waals surface area contributed by atoms with E-state index in [1.54, 1.807) is 11.5 Å². The van der Waals surface area contributed by atoms with Gasteiger partial charge >= 0.3 is 5.69 Å². The fourth-order valence-electron chi connectivity index (χ4n) is 5.23. The van der Waals surface area contributed by atoms with Crippen LogP contribution in [0.2, 0.25) is 0 Å². The molecule has 9 nitrogen and oxygen atoms in total. The van der Waals surface area contributed by atoms with Gasteiger partial charge in [0.25, 0.3) is 5.56 Å². The van der Waals surface area contributed by atoms with Gasteiger partial charge in [0.15, 0.2) is 11.2 Å². The van der Waals surface area contributed by atoms with Gasteiger partial charge in [0.2, 0.25) is 5.95 Å². The number of anilines is 1. The second-order valence-corrected chi connectivity index (χ2v) is 9.51. The molecule has 0 unspecified atom stereocenters. The maximum Gasteiger partial charge on any atom is 0.332 e. The number of benzene rings is 1. The van der Waals surface area contributed by atoms with E-state index in [-0.39, 0.29) is 11.2 Å². The van der Waals surface area contributed by atoms with E-state index >= 15 is 0 Å². The Labute approximate surface area is 211 Å². The number of hydrogen-bond donors (Lipinski definition) is 1. The van der Waals surface area contributed by atoms with Crippen LogP contribution in [0.1, 0.15) is 25.3 Å². The Morgan fingerprint density at radius 1 is 0.917 bits per heavy atom. The molecule has 4 heterocycles. The van der Waals surface area contributed by atoms with Gasteiger partial charge in [-0.1, -0.05) is 36.3 Å². The van der Waals surface area contributed by atoms with Crippen LogP contribution in [0.5, 0.6) is 0 Å². The summed E-state index contributed by atoms with van der Waals surface area (Å²) in [5.41, 5.74) is 1.49. The van der Waals surface area contributed by atoms with E-state index in [0.717, 1.165) is 57.3 Å². The van der Waals surface area contributed by atoms with Crippen molar-refractivity contribution in [3.63, 3.8) is 0 Å². The minimum absolute atomic E-state index is 0.277. The summed E-state index contributed by atoms with van der Waals surface area (Å²) in [6, 6.07) is 9.98. The van der Waals surface area contributed by atoms with E-state index in [1.807, 2.05) is 34.9 Å². The second-order valence-electron chi connectivity index (χ2n) is 9.51. The summed E-state index contributed by atoms with van der Waals surface area (Å²) in [7, 11) is 0. The third-order valence-corrected chi connectivity index (χ3v) is 7.21. The molecule has 0 aliphatic carbocycles. The molecule has 0 spiro atoms. The maximum absolute atomic E-state index is 13.9. The fraction of sp³-hybridized carbons (Fsp3) is 0.519. The molecule has 0 atom stereocenters. The van der Waals surface area contributed by atoms with Gasteiger partial charge in [-0.15, -0.1) is 5.92 Å². The van der Waals surface area contributed by atoms with Crippen LogP contribution in [0.4, 0.5) is 5.95 Å². The summed E-state index contributed by atoms with van der Waals surface area (Å²) in [5, 5.41) is 3.37. The molecule has 5 rings (SSSR count). The lowest BCUT2D eigenvalue weighted by Gasteiger charge is -2.28. The molecular formula is C27H35N7O2. The first-order chi connectivity index (χ1) is 17.7. The SMILES string of the molecule is CC#CCn1c(N2CCNCC2)nc2c1c(=O)n(CCc1ccccc1)c(=O)n2CCN1CCCC1. The molecule has 2 aliphatic heterocycles. The smallest absolute Gasteiger partial charge is 0.332 e. The summed E-state index contributed by atoms with van der Waals surface area (Å²) in [4.78, 5) is 37.1. The van der Waals surface area contributed by atoms with E-state index in [2.05, 4.69) is 27.0 Å². The average molecular weight is 490 g/mol. The van der Waals surface area contributed by atoms with Gasteiger partial charge in [-0.2, -0.15) is 4.98 Å². The third-order valence-electron chi connectivity index (χ3n) is 7.21. The quantitative estimate of drug-likeness (QED) is 0.478. The van der Waals surface area contributed by atoms with Gasteiger partial charge in [-0.3, -0.25) is 18.5 Å². The highest BCUT2D eigenvalue weighted by molar-refractivity contribution is 5.75. The largest absolute Gasteiger partial charge is 0.340 e. The van der Waals surface area contributed by atoms with Crippen molar-refractivity contribution in [3.05, 3.63) is 56.7 Å². The Balaban J connectivity index is 1.63. The van der Waals surface area contributed by atoms with E-state index in [0.29, 0.717) is 37.2 Å². The number of imidazole rings is 1. The summed E-state index contributed by atoms with van der Waals surface area (Å²) >= 11 is 0. The number of rotatable bonds is 8. The number of nitrogens with one attached hydrogen (secondary N) is 1. The molecule has 2 saturated heterocycles. The zero-order valence-corrected chi connectivity index (χ0v) is 21.1. The first-order valence-corrected chi connectivity index (χ1v) is 13.0. The Bertz CT molecular complexity index is 1360. The van der Waals surface area contributed by atoms with E-state index in [4.69, 9.17) is 4.98 Å². The van der Waals surface area contributed by atoms with Crippen molar-refractivity contribution in [2.45, 2.75) is 45.8 Å². The number of aromatic nitrogens is 4. The molecule has 2 aromatic heterocycles. The van der Waals surface area contributed by atoms with Crippen molar-refractivity contribution in [1.29, 1.82) is 0 Å². The summed E-state index contributed by atoms with van der Waals surface area (Å²) in [6.45, 7) is 9.18. The maximum atomic E-state index is 13.9. The molecule has 2 aliphatic rings. The first-order valence-electron chi connectivity index (χ1n) is 13.0. The Hall–Kier alpha value is -3.35. The predicted octanol–water partition coefficient (Wildman–Crippen LogP) is 1.13. The van der Waals surface area contributed by atoms with Crippen LogP contribution < -0.4 is 21.5 Å². The van der Waals surface area contributed by atoms with Crippen LogP contribution in [-0.4, -0.2) is 69.4 Å². The second kappa shape index (κ2) is 11.1. The standard InChI is InChI=1S/C27H35N7O2/c1-2-3-16-32-23-24(29-26(32)31-18-12-28-13-19-31)33(21-20-30-14-7-8-15-30)27(36)34(25(23)35)17-11-22-9-5-4-6-10-22/h4-6,9-10,28H,7-8,11-21H2,1H3. The molecule has 0 saturated carbocycles. The summed E-state index contributed by atoms with van der Waals surface area (Å²) in [6.07, 6.45) is 3.00. The van der Waals surface area contributed by atoms with Crippen LogP contribution in [0.25, 0.3) is 11.2 Å². The van der Waals surface area contributed by atoms with Gasteiger partial charge in [0.1, 0.15) is 0 Å². The van der Waals surface area contributed by atoms with E-state index in [1.165, 1.54) is 17.4 Å². The zero-order chi connectivity index (χ0) is 24.9. The predicted molar refractivity (Wildman–Crippen MR) is 143 cm³/mol. The minimum atomic E-state index is -0.282. The minimum Gasteiger partial charge on any atom is -0.340 e. The first kappa shape index (κ1) is 24.3. The van der Waals surface area contributed by atoms with Crippen molar-refractivity contribution in [3.8, 4) is 11.8 Å². The van der Waals surface area contributed by atoms with Crippen LogP contribution >= 0.6 is 0 Å². The Kier molecular flexibility index (Phi) is 7.54. The lowest BCUT2D eigenvalue weighted by atomic mass is 10.1. The Morgan fingerprint density at radius 3 is 2.39 bits per heavy atom. The van der Waals surface area contributed by atoms with Crippen molar-refractivity contribution in [1.82, 2.24) is 28.9 Å². The van der Waals surface area contributed by atoms with Crippen molar-refractivity contribution >= 4 is 17.1 Å². The lowest BCUT2D eigenvalue weighted by Crippen LogP contribution is -2.44. The van der Waals surface area contributed by atoms with Gasteiger partial charge < -0.3 is 15.1 Å². The van der Waals surface area contributed by atoms with Gasteiger partial charge in [-0.25, -0.2) is 4.79 Å². The fourth-order valence-corrected chi connectivity index (χ4v) is 5.23. The number of hydrogen-bond acceptors (Lipinski definition) is 6. The highest BCUT2D eigenvalue weighted by atomic mass is 16.2. The van der Waals surface area contributed by atoms with E-state index in [9.17, 15) is 9.59 Å². The zero-order valence-electron chi connectivity index (χ0n) is 21.1. The summed E-state index contributed by atoms with van der Waals surface area (Å²) < 4.78 is 5.05. The van der Waals surface area contributed by atoms with Crippen molar-refractivity contribution < 1.29 is 0 Å². The molecule has 1 N–H and O–H groups in total. The van der Waals surface area contributed by atoms with Crippen LogP contribution in [0.3, 0.4) is 0 Å². The van der Waals surface area contributed by atoms with Crippen LogP contribution in [0.15, 0.2) is 39.9 Å². The van der Waals surface area contributed by atoms with Gasteiger partial charge in [0.05, 0.1) is 6.54 Å². The molecule has 1 aromatic carbocycles. The molecule has 3 aromatic rings. The van der Waals surface area contributed by atoms with Gasteiger partial charge in [-0.05, 0) is 44.8 Å². The molecule has 9 heteroatoms. The molecule has 0 radical (unpaired) electrons. The third kappa shape index (κ3) is 4.97. The topological polar surface area (TPSA) is 80.3 Å². The average Bonchev–Trinajstić information content (AvgIpc) is 3.57.